The third-order valence-corrected chi connectivity index (χ3v) is 6.11. The van der Waals surface area contributed by atoms with E-state index in [1.807, 2.05) is 13.8 Å². The lowest BCUT2D eigenvalue weighted by atomic mass is 10.1. The Morgan fingerprint density at radius 1 is 1.14 bits per heavy atom. The number of amides is 1. The molecule has 158 valence electrons. The maximum atomic E-state index is 13.1. The molecule has 29 heavy (non-hydrogen) atoms. The van der Waals surface area contributed by atoms with Crippen LogP contribution in [-0.4, -0.2) is 38.1 Å². The molecule has 2 aromatic rings. The van der Waals surface area contributed by atoms with Crippen molar-refractivity contribution in [2.24, 2.45) is 0 Å². The monoisotopic (exact) mass is 439 g/mol. The van der Waals surface area contributed by atoms with Gasteiger partial charge in [0.1, 0.15) is 0 Å². The molecule has 0 radical (unpaired) electrons. The summed E-state index contributed by atoms with van der Waals surface area (Å²) in [7, 11) is -2.28. The predicted octanol–water partition coefficient (Wildman–Crippen LogP) is 4.52. The van der Waals surface area contributed by atoms with E-state index in [2.05, 4.69) is 0 Å². The van der Waals surface area contributed by atoms with Gasteiger partial charge in [0.05, 0.1) is 23.4 Å². The predicted molar refractivity (Wildman–Crippen MR) is 114 cm³/mol. The highest BCUT2D eigenvalue weighted by Crippen LogP contribution is 2.31. The zero-order valence-corrected chi connectivity index (χ0v) is 18.6. The maximum Gasteiger partial charge on any atom is 0.309 e. The van der Waals surface area contributed by atoms with Crippen LogP contribution in [0.2, 0.25) is 5.02 Å². The molecule has 0 aliphatic heterocycles. The molecule has 0 aliphatic carbocycles. The number of methoxy groups -OCH3 is 1. The van der Waals surface area contributed by atoms with Crippen LogP contribution in [0.5, 0.6) is 11.5 Å². The summed E-state index contributed by atoms with van der Waals surface area (Å²) >= 11 is 6.22. The van der Waals surface area contributed by atoms with Gasteiger partial charge in [-0.15, -0.1) is 0 Å². The maximum absolute atomic E-state index is 13.1. The summed E-state index contributed by atoms with van der Waals surface area (Å²) in [4.78, 5) is 14.9. The van der Waals surface area contributed by atoms with Crippen molar-refractivity contribution in [3.8, 4) is 11.5 Å². The van der Waals surface area contributed by atoms with E-state index in [4.69, 9.17) is 20.5 Å². The van der Waals surface area contributed by atoms with Gasteiger partial charge in [0, 0.05) is 12.6 Å². The lowest BCUT2D eigenvalue weighted by molar-refractivity contribution is 0.0671. The Kier molecular flexibility index (Phi) is 7.93. The second-order valence-electron chi connectivity index (χ2n) is 6.59. The van der Waals surface area contributed by atoms with E-state index >= 15 is 0 Å². The topological polar surface area (TPSA) is 72.9 Å². The van der Waals surface area contributed by atoms with Crippen LogP contribution >= 0.6 is 11.6 Å². The van der Waals surface area contributed by atoms with Crippen molar-refractivity contribution >= 4 is 27.6 Å². The average molecular weight is 440 g/mol. The Balaban J connectivity index is 2.39. The summed E-state index contributed by atoms with van der Waals surface area (Å²) in [5, 5.41) is 0.388. The Morgan fingerprint density at radius 3 is 2.41 bits per heavy atom. The molecule has 0 aliphatic rings. The minimum atomic E-state index is -3.71. The molecule has 0 heterocycles. The summed E-state index contributed by atoms with van der Waals surface area (Å²) in [6.07, 6.45) is 0.750. The molecule has 0 N–H and O–H groups in total. The number of hydrogen-bond donors (Lipinski definition) is 0. The van der Waals surface area contributed by atoms with Crippen molar-refractivity contribution < 1.29 is 22.1 Å². The zero-order valence-electron chi connectivity index (χ0n) is 17.0. The first-order chi connectivity index (χ1) is 13.7. The molecule has 0 spiro atoms. The molecular formula is C21H26ClNO5S. The van der Waals surface area contributed by atoms with E-state index in [0.29, 0.717) is 21.9 Å². The number of carbonyl (C=O) groups is 1. The van der Waals surface area contributed by atoms with Crippen LogP contribution in [0.15, 0.2) is 42.5 Å². The minimum Gasteiger partial charge on any atom is -0.493 e. The zero-order chi connectivity index (χ0) is 21.6. The lowest BCUT2D eigenvalue weighted by Crippen LogP contribution is -2.38. The quantitative estimate of drug-likeness (QED) is 0.537. The van der Waals surface area contributed by atoms with E-state index < -0.39 is 10.1 Å². The summed E-state index contributed by atoms with van der Waals surface area (Å²) in [5.74, 6) is 0.0496. The van der Waals surface area contributed by atoms with Gasteiger partial charge in [-0.05, 0) is 50.1 Å². The summed E-state index contributed by atoms with van der Waals surface area (Å²) < 4.78 is 34.2. The van der Waals surface area contributed by atoms with Crippen molar-refractivity contribution in [3.05, 3.63) is 58.6 Å². The Bertz CT molecular complexity index is 961. The first-order valence-corrected chi connectivity index (χ1v) is 11.3. The van der Waals surface area contributed by atoms with Gasteiger partial charge in [-0.25, -0.2) is 0 Å². The molecule has 0 aromatic heterocycles. The Hall–Kier alpha value is -2.25. The van der Waals surface area contributed by atoms with Crippen molar-refractivity contribution in [3.63, 3.8) is 0 Å². The highest BCUT2D eigenvalue weighted by atomic mass is 35.5. The number of halogens is 1. The molecule has 2 rings (SSSR count). The standard InChI is InChI=1S/C21H26ClNO5S/c1-5-15(3)23(21(24)17-9-7-8-10-18(17)22)14-16-11-12-19(27-4)20(13-16)28-29(25,26)6-2/h7-13,15H,5-6,14H2,1-4H3/t15-/m0/s1. The third kappa shape index (κ3) is 5.87. The Morgan fingerprint density at radius 2 is 1.83 bits per heavy atom. The van der Waals surface area contributed by atoms with Gasteiger partial charge in [-0.2, -0.15) is 8.42 Å². The van der Waals surface area contributed by atoms with Gasteiger partial charge in [-0.1, -0.05) is 36.7 Å². The fourth-order valence-electron chi connectivity index (χ4n) is 2.71. The van der Waals surface area contributed by atoms with Crippen molar-refractivity contribution in [2.75, 3.05) is 12.9 Å². The van der Waals surface area contributed by atoms with Crippen molar-refractivity contribution in [1.82, 2.24) is 4.90 Å². The summed E-state index contributed by atoms with van der Waals surface area (Å²) in [6, 6.07) is 11.8. The van der Waals surface area contributed by atoms with Crippen LogP contribution in [0, 0.1) is 0 Å². The van der Waals surface area contributed by atoms with Crippen LogP contribution in [0.1, 0.15) is 43.1 Å². The fourth-order valence-corrected chi connectivity index (χ4v) is 3.45. The van der Waals surface area contributed by atoms with E-state index in [1.54, 1.807) is 47.4 Å². The van der Waals surface area contributed by atoms with Gasteiger partial charge in [0.25, 0.3) is 5.91 Å². The van der Waals surface area contributed by atoms with Crippen molar-refractivity contribution in [1.29, 1.82) is 0 Å². The number of hydrogen-bond acceptors (Lipinski definition) is 5. The van der Waals surface area contributed by atoms with Crippen LogP contribution in [0.3, 0.4) is 0 Å². The summed E-state index contributed by atoms with van der Waals surface area (Å²) in [5.41, 5.74) is 1.14. The van der Waals surface area contributed by atoms with E-state index in [9.17, 15) is 13.2 Å². The SMILES string of the molecule is CC[C@H](C)N(Cc1ccc(OC)c(OS(=O)(=O)CC)c1)C(=O)c1ccccc1Cl. The molecule has 0 saturated carbocycles. The third-order valence-electron chi connectivity index (χ3n) is 4.64. The number of rotatable bonds is 9. The largest absolute Gasteiger partial charge is 0.493 e. The number of benzene rings is 2. The van der Waals surface area contributed by atoms with Gasteiger partial charge in [-0.3, -0.25) is 4.79 Å². The van der Waals surface area contributed by atoms with Crippen LogP contribution < -0.4 is 8.92 Å². The first kappa shape index (κ1) is 23.0. The molecule has 0 bridgehead atoms. The molecule has 0 saturated heterocycles. The highest BCUT2D eigenvalue weighted by molar-refractivity contribution is 7.87. The number of carbonyl (C=O) groups excluding carboxylic acids is 1. The van der Waals surface area contributed by atoms with Gasteiger partial charge >= 0.3 is 10.1 Å². The van der Waals surface area contributed by atoms with Crippen molar-refractivity contribution in [2.45, 2.75) is 39.8 Å². The smallest absolute Gasteiger partial charge is 0.309 e. The van der Waals surface area contributed by atoms with E-state index in [-0.39, 0.29) is 30.0 Å². The molecule has 0 fully saturated rings. The highest BCUT2D eigenvalue weighted by Gasteiger charge is 2.23. The number of nitrogens with zero attached hydrogens (tertiary/aromatic N) is 1. The molecule has 2 aromatic carbocycles. The molecule has 0 unspecified atom stereocenters. The minimum absolute atomic E-state index is 0.0513. The summed E-state index contributed by atoms with van der Waals surface area (Å²) in [6.45, 7) is 5.72. The lowest BCUT2D eigenvalue weighted by Gasteiger charge is -2.29. The first-order valence-electron chi connectivity index (χ1n) is 9.37. The molecule has 6 nitrogen and oxygen atoms in total. The van der Waals surface area contributed by atoms with Crippen LogP contribution in [0.25, 0.3) is 0 Å². The van der Waals surface area contributed by atoms with Crippen LogP contribution in [-0.2, 0) is 16.7 Å². The van der Waals surface area contributed by atoms with Gasteiger partial charge in [0.15, 0.2) is 11.5 Å². The van der Waals surface area contributed by atoms with Gasteiger partial charge in [0.2, 0.25) is 0 Å². The normalized spacial score (nSPS) is 12.3. The molecular weight excluding hydrogens is 414 g/mol. The Labute approximate surface area is 177 Å². The molecule has 8 heteroatoms. The number of ether oxygens (including phenoxy) is 1. The van der Waals surface area contributed by atoms with E-state index in [1.165, 1.54) is 14.0 Å². The molecule has 1 atom stereocenters. The second kappa shape index (κ2) is 9.98. The van der Waals surface area contributed by atoms with Gasteiger partial charge < -0.3 is 13.8 Å². The van der Waals surface area contributed by atoms with E-state index in [0.717, 1.165) is 6.42 Å². The average Bonchev–Trinajstić information content (AvgIpc) is 2.71. The molecule has 1 amide bonds. The second-order valence-corrected chi connectivity index (χ2v) is 8.85. The van der Waals surface area contributed by atoms with Crippen LogP contribution in [0.4, 0.5) is 0 Å². The fraction of sp³-hybridized carbons (Fsp3) is 0.381.